The van der Waals surface area contributed by atoms with Gasteiger partial charge in [-0.25, -0.2) is 0 Å². The zero-order valence-corrected chi connectivity index (χ0v) is 16.4. The zero-order valence-electron chi connectivity index (χ0n) is 15.2. The van der Waals surface area contributed by atoms with E-state index in [-0.39, 0.29) is 0 Å². The molecule has 0 saturated heterocycles. The number of rotatable bonds is 15. The second-order valence-electron chi connectivity index (χ2n) is 6.94. The van der Waals surface area contributed by atoms with Gasteiger partial charge < -0.3 is 4.98 Å². The lowest BCUT2D eigenvalue weighted by Gasteiger charge is -2.14. The highest BCUT2D eigenvalue weighted by Gasteiger charge is 2.13. The molecule has 1 rings (SSSR count). The molecule has 0 amide bonds. The molecule has 0 atom stereocenters. The first kappa shape index (κ1) is 19.5. The third-order valence-corrected chi connectivity index (χ3v) is 8.32. The molecule has 0 aliphatic carbocycles. The van der Waals surface area contributed by atoms with E-state index >= 15 is 0 Å². The molecule has 0 fully saturated rings. The fourth-order valence-corrected chi connectivity index (χ4v) is 6.58. The van der Waals surface area contributed by atoms with Crippen molar-refractivity contribution in [3.63, 3.8) is 0 Å². The quantitative estimate of drug-likeness (QED) is 0.294. The van der Waals surface area contributed by atoms with Crippen LogP contribution in [0.3, 0.4) is 0 Å². The molecule has 128 valence electrons. The monoisotopic (exact) mass is 321 g/mol. The van der Waals surface area contributed by atoms with Gasteiger partial charge in [-0.1, -0.05) is 103 Å². The van der Waals surface area contributed by atoms with Crippen molar-refractivity contribution in [2.24, 2.45) is 0 Å². The van der Waals surface area contributed by atoms with Crippen molar-refractivity contribution in [2.45, 2.75) is 103 Å². The Hall–Kier alpha value is -0.503. The van der Waals surface area contributed by atoms with E-state index in [1.807, 2.05) is 0 Å². The fraction of sp³-hybridized carbons (Fsp3) is 0.800. The molecule has 0 aliphatic rings. The van der Waals surface area contributed by atoms with Crippen LogP contribution < -0.4 is 5.32 Å². The van der Waals surface area contributed by atoms with Crippen LogP contribution >= 0.6 is 0 Å². The summed E-state index contributed by atoms with van der Waals surface area (Å²) in [5, 5.41) is 1.61. The summed E-state index contributed by atoms with van der Waals surface area (Å²) in [5.41, 5.74) is 0. The summed E-state index contributed by atoms with van der Waals surface area (Å²) < 4.78 is 0. The summed E-state index contributed by atoms with van der Waals surface area (Å²) in [4.78, 5) is 3.52. The van der Waals surface area contributed by atoms with Crippen LogP contribution in [0.15, 0.2) is 18.3 Å². The van der Waals surface area contributed by atoms with Gasteiger partial charge >= 0.3 is 0 Å². The van der Waals surface area contributed by atoms with Crippen molar-refractivity contribution >= 4 is 14.1 Å². The molecule has 0 radical (unpaired) electrons. The van der Waals surface area contributed by atoms with E-state index in [2.05, 4.69) is 37.2 Å². The van der Waals surface area contributed by atoms with Crippen LogP contribution in [0.25, 0.3) is 0 Å². The first-order chi connectivity index (χ1) is 10.9. The van der Waals surface area contributed by atoms with Crippen LogP contribution in [0.2, 0.25) is 12.1 Å². The van der Waals surface area contributed by atoms with Gasteiger partial charge in [0.25, 0.3) is 0 Å². The van der Waals surface area contributed by atoms with Crippen LogP contribution in [-0.2, 0) is 0 Å². The minimum atomic E-state index is -0.716. The summed E-state index contributed by atoms with van der Waals surface area (Å²) in [5.74, 6) is 0. The molecule has 2 heteroatoms. The Morgan fingerprint density at radius 2 is 1.23 bits per heavy atom. The number of aromatic amines is 1. The van der Waals surface area contributed by atoms with Crippen LogP contribution in [0.4, 0.5) is 0 Å². The molecule has 22 heavy (non-hydrogen) atoms. The Labute approximate surface area is 140 Å². The van der Waals surface area contributed by atoms with Crippen LogP contribution in [0.5, 0.6) is 0 Å². The molecule has 0 bridgehead atoms. The SMILES string of the molecule is CCCCCCCC[SiH](CCCCCCCC)c1ccc[nH]1. The second-order valence-corrected chi connectivity index (χ2v) is 10.1. The molecule has 1 heterocycles. The summed E-state index contributed by atoms with van der Waals surface area (Å²) in [6, 6.07) is 7.58. The summed E-state index contributed by atoms with van der Waals surface area (Å²) >= 11 is 0. The zero-order chi connectivity index (χ0) is 15.9. The van der Waals surface area contributed by atoms with Crippen molar-refractivity contribution in [3.05, 3.63) is 18.3 Å². The van der Waals surface area contributed by atoms with Gasteiger partial charge in [-0.2, -0.15) is 0 Å². The van der Waals surface area contributed by atoms with E-state index < -0.39 is 8.80 Å². The fourth-order valence-electron chi connectivity index (χ4n) is 3.40. The third kappa shape index (κ3) is 9.50. The molecule has 0 aromatic carbocycles. The predicted molar refractivity (Wildman–Crippen MR) is 104 cm³/mol. The Kier molecular flexibility index (Phi) is 12.5. The lowest BCUT2D eigenvalue weighted by Crippen LogP contribution is -2.30. The van der Waals surface area contributed by atoms with E-state index in [0.717, 1.165) is 0 Å². The molecule has 1 aromatic rings. The summed E-state index contributed by atoms with van der Waals surface area (Å²) in [7, 11) is -0.716. The van der Waals surface area contributed by atoms with Gasteiger partial charge in [-0.05, 0) is 17.4 Å². The maximum atomic E-state index is 3.52. The van der Waals surface area contributed by atoms with Crippen molar-refractivity contribution in [2.75, 3.05) is 0 Å². The average molecular weight is 322 g/mol. The Balaban J connectivity index is 2.17. The first-order valence-corrected chi connectivity index (χ1v) is 12.2. The highest BCUT2D eigenvalue weighted by molar-refractivity contribution is 6.72. The topological polar surface area (TPSA) is 15.8 Å². The van der Waals surface area contributed by atoms with E-state index in [9.17, 15) is 0 Å². The minimum absolute atomic E-state index is 0.716. The molecule has 0 spiro atoms. The molecule has 0 unspecified atom stereocenters. The molecular formula is C20H39NSi. The van der Waals surface area contributed by atoms with Crippen molar-refractivity contribution in [3.8, 4) is 0 Å². The number of unbranched alkanes of at least 4 members (excludes halogenated alkanes) is 10. The minimum Gasteiger partial charge on any atom is -0.369 e. The number of nitrogens with one attached hydrogen (secondary N) is 1. The summed E-state index contributed by atoms with van der Waals surface area (Å²) in [6.07, 6.45) is 19.4. The standard InChI is InChI=1S/C20H39NSi/c1-3-5-7-9-11-13-18-22(20-16-15-17-21-20)19-14-12-10-8-6-4-2/h15-17,21-22H,3-14,18-19H2,1-2H3. The van der Waals surface area contributed by atoms with E-state index in [1.165, 1.54) is 89.1 Å². The summed E-state index contributed by atoms with van der Waals surface area (Å²) in [6.45, 7) is 4.60. The number of aromatic nitrogens is 1. The van der Waals surface area contributed by atoms with Crippen LogP contribution in [0.1, 0.15) is 90.9 Å². The van der Waals surface area contributed by atoms with Gasteiger partial charge in [0.2, 0.25) is 0 Å². The average Bonchev–Trinajstić information content (AvgIpc) is 3.06. The predicted octanol–water partition coefficient (Wildman–Crippen LogP) is 6.17. The Morgan fingerprint density at radius 3 is 1.68 bits per heavy atom. The maximum absolute atomic E-state index is 3.52. The number of hydrogen-bond acceptors (Lipinski definition) is 0. The van der Waals surface area contributed by atoms with Crippen molar-refractivity contribution < 1.29 is 0 Å². The number of H-pyrrole nitrogens is 1. The number of hydrogen-bond donors (Lipinski definition) is 1. The molecule has 0 saturated carbocycles. The van der Waals surface area contributed by atoms with Crippen LogP contribution in [-0.4, -0.2) is 13.8 Å². The smallest absolute Gasteiger partial charge is 0.0914 e. The van der Waals surface area contributed by atoms with E-state index in [4.69, 9.17) is 0 Å². The molecule has 1 N–H and O–H groups in total. The highest BCUT2D eigenvalue weighted by Crippen LogP contribution is 2.15. The lowest BCUT2D eigenvalue weighted by molar-refractivity contribution is 0.617. The van der Waals surface area contributed by atoms with Gasteiger partial charge in [0.15, 0.2) is 0 Å². The normalized spacial score (nSPS) is 11.4. The van der Waals surface area contributed by atoms with Gasteiger partial charge in [0.1, 0.15) is 0 Å². The van der Waals surface area contributed by atoms with Gasteiger partial charge in [-0.3, -0.25) is 0 Å². The molecular weight excluding hydrogens is 282 g/mol. The van der Waals surface area contributed by atoms with Crippen molar-refractivity contribution in [1.82, 2.24) is 4.98 Å². The third-order valence-electron chi connectivity index (χ3n) is 4.87. The highest BCUT2D eigenvalue weighted by atomic mass is 28.3. The van der Waals surface area contributed by atoms with Crippen molar-refractivity contribution in [1.29, 1.82) is 0 Å². The van der Waals surface area contributed by atoms with E-state index in [1.54, 1.807) is 5.32 Å². The Morgan fingerprint density at radius 1 is 0.727 bits per heavy atom. The van der Waals surface area contributed by atoms with Crippen LogP contribution in [0, 0.1) is 0 Å². The molecule has 1 nitrogen and oxygen atoms in total. The first-order valence-electron chi connectivity index (χ1n) is 10.0. The van der Waals surface area contributed by atoms with Gasteiger partial charge in [-0.15, -0.1) is 0 Å². The lowest BCUT2D eigenvalue weighted by atomic mass is 10.1. The van der Waals surface area contributed by atoms with Gasteiger partial charge in [0, 0.05) is 6.20 Å². The van der Waals surface area contributed by atoms with E-state index in [0.29, 0.717) is 0 Å². The second kappa shape index (κ2) is 14.1. The maximum Gasteiger partial charge on any atom is 0.0914 e. The largest absolute Gasteiger partial charge is 0.369 e. The van der Waals surface area contributed by atoms with Gasteiger partial charge in [0.05, 0.1) is 8.80 Å². The Bertz CT molecular complexity index is 304. The molecule has 0 aliphatic heterocycles. The molecule has 1 aromatic heterocycles.